The average molecular weight is 420 g/mol. The second-order valence-corrected chi connectivity index (χ2v) is 8.46. The Balaban J connectivity index is 1.94. The molecule has 0 saturated carbocycles. The minimum absolute atomic E-state index is 0.0730. The number of nitrogens with one attached hydrogen (secondary N) is 2. The summed E-state index contributed by atoms with van der Waals surface area (Å²) in [6, 6.07) is 11.8. The second-order valence-electron chi connectivity index (χ2n) is 6.41. The van der Waals surface area contributed by atoms with Crippen molar-refractivity contribution in [3.63, 3.8) is 0 Å². The van der Waals surface area contributed by atoms with Gasteiger partial charge in [-0.25, -0.2) is 12.7 Å². The highest BCUT2D eigenvalue weighted by Gasteiger charge is 2.20. The van der Waals surface area contributed by atoms with Gasteiger partial charge in [0.05, 0.1) is 16.4 Å². The molecule has 0 heterocycles. The lowest BCUT2D eigenvalue weighted by Crippen LogP contribution is -2.28. The Morgan fingerprint density at radius 3 is 2.45 bits per heavy atom. The van der Waals surface area contributed by atoms with Crippen molar-refractivity contribution in [2.45, 2.75) is 24.7 Å². The van der Waals surface area contributed by atoms with Crippen LogP contribution in [0.4, 0.5) is 17.1 Å². The second kappa shape index (κ2) is 9.99. The molecule has 0 bridgehead atoms. The van der Waals surface area contributed by atoms with E-state index in [1.165, 1.54) is 46.8 Å². The molecule has 2 aromatic carbocycles. The molecule has 0 radical (unpaired) electrons. The number of hydrogen-bond donors (Lipinski definition) is 2. The number of carbonyl (C=O) groups excluding carboxylic acids is 1. The Hall–Kier alpha value is -2.98. The zero-order chi connectivity index (χ0) is 21.4. The third kappa shape index (κ3) is 6.26. The Bertz CT molecular complexity index is 961. The van der Waals surface area contributed by atoms with Crippen molar-refractivity contribution in [1.29, 1.82) is 0 Å². The molecule has 0 aliphatic rings. The third-order valence-electron chi connectivity index (χ3n) is 4.18. The summed E-state index contributed by atoms with van der Waals surface area (Å²) in [5, 5.41) is 16.2. The largest absolute Gasteiger partial charge is 0.376 e. The van der Waals surface area contributed by atoms with Gasteiger partial charge in [0.1, 0.15) is 0 Å². The fourth-order valence-corrected chi connectivity index (χ4v) is 3.72. The Labute approximate surface area is 169 Å². The van der Waals surface area contributed by atoms with Gasteiger partial charge in [-0.2, -0.15) is 0 Å². The van der Waals surface area contributed by atoms with Crippen LogP contribution in [0.1, 0.15) is 19.8 Å². The molecule has 10 heteroatoms. The number of carbonyl (C=O) groups is 1. The molecule has 2 N–H and O–H groups in total. The van der Waals surface area contributed by atoms with E-state index < -0.39 is 14.9 Å². The molecule has 156 valence electrons. The number of sulfonamides is 1. The molecule has 9 nitrogen and oxygen atoms in total. The van der Waals surface area contributed by atoms with E-state index in [1.54, 1.807) is 13.1 Å². The van der Waals surface area contributed by atoms with Gasteiger partial charge in [-0.1, -0.05) is 19.4 Å². The van der Waals surface area contributed by atoms with Gasteiger partial charge in [0.25, 0.3) is 5.69 Å². The molecule has 2 rings (SSSR count). The summed E-state index contributed by atoms with van der Waals surface area (Å²) in [6.07, 6.45) is 1.68. The van der Waals surface area contributed by atoms with Crippen LogP contribution in [0.2, 0.25) is 0 Å². The van der Waals surface area contributed by atoms with E-state index in [1.807, 2.05) is 6.92 Å². The minimum atomic E-state index is -3.56. The zero-order valence-corrected chi connectivity index (χ0v) is 17.1. The lowest BCUT2D eigenvalue weighted by molar-refractivity contribution is -0.384. The van der Waals surface area contributed by atoms with Crippen molar-refractivity contribution in [1.82, 2.24) is 4.31 Å². The van der Waals surface area contributed by atoms with Gasteiger partial charge in [0.15, 0.2) is 0 Å². The minimum Gasteiger partial charge on any atom is -0.376 e. The normalized spacial score (nSPS) is 11.3. The van der Waals surface area contributed by atoms with Crippen molar-refractivity contribution in [2.24, 2.45) is 0 Å². The zero-order valence-electron chi connectivity index (χ0n) is 16.3. The highest BCUT2D eigenvalue weighted by molar-refractivity contribution is 7.89. The van der Waals surface area contributed by atoms with Crippen LogP contribution in [0.5, 0.6) is 0 Å². The van der Waals surface area contributed by atoms with Crippen LogP contribution < -0.4 is 10.6 Å². The summed E-state index contributed by atoms with van der Waals surface area (Å²) in [6.45, 7) is 2.34. The van der Waals surface area contributed by atoms with E-state index in [0.717, 1.165) is 12.8 Å². The van der Waals surface area contributed by atoms with Crippen molar-refractivity contribution in [3.05, 3.63) is 58.6 Å². The number of rotatable bonds is 10. The molecule has 0 fully saturated rings. The van der Waals surface area contributed by atoms with Crippen LogP contribution in [0.25, 0.3) is 0 Å². The first-order valence-electron chi connectivity index (χ1n) is 9.08. The third-order valence-corrected chi connectivity index (χ3v) is 6.05. The van der Waals surface area contributed by atoms with Crippen molar-refractivity contribution < 1.29 is 18.1 Å². The number of nitro benzene ring substituents is 1. The Morgan fingerprint density at radius 2 is 1.83 bits per heavy atom. The van der Waals surface area contributed by atoms with Crippen LogP contribution in [0.15, 0.2) is 53.4 Å². The molecule has 0 aliphatic carbocycles. The van der Waals surface area contributed by atoms with Crippen molar-refractivity contribution in [2.75, 3.05) is 30.8 Å². The van der Waals surface area contributed by atoms with E-state index in [9.17, 15) is 23.3 Å². The smallest absolute Gasteiger partial charge is 0.271 e. The predicted octanol–water partition coefficient (Wildman–Crippen LogP) is 3.07. The highest BCUT2D eigenvalue weighted by Crippen LogP contribution is 2.19. The fraction of sp³-hybridized carbons (Fsp3) is 0.316. The highest BCUT2D eigenvalue weighted by atomic mass is 32.2. The molecule has 1 amide bonds. The number of non-ortho nitro benzene ring substituents is 1. The van der Waals surface area contributed by atoms with Crippen molar-refractivity contribution in [3.8, 4) is 0 Å². The monoisotopic (exact) mass is 420 g/mol. The number of hydrogen-bond acceptors (Lipinski definition) is 6. The van der Waals surface area contributed by atoms with Crippen LogP contribution in [0.3, 0.4) is 0 Å². The van der Waals surface area contributed by atoms with Crippen LogP contribution in [-0.4, -0.2) is 43.7 Å². The molecule has 0 spiro atoms. The first-order valence-corrected chi connectivity index (χ1v) is 10.5. The molecule has 0 aromatic heterocycles. The van der Waals surface area contributed by atoms with Gasteiger partial charge >= 0.3 is 0 Å². The summed E-state index contributed by atoms with van der Waals surface area (Å²) >= 11 is 0. The average Bonchev–Trinajstić information content (AvgIpc) is 2.71. The number of nitrogens with zero attached hydrogens (tertiary/aromatic N) is 2. The maximum absolute atomic E-state index is 12.5. The SMILES string of the molecule is CCCCN(C)S(=O)(=O)c1ccc(NC(=O)CNc2cccc([N+](=O)[O-])c2)cc1. The summed E-state index contributed by atoms with van der Waals surface area (Å²) in [4.78, 5) is 22.5. The molecule has 0 saturated heterocycles. The maximum atomic E-state index is 12.5. The summed E-state index contributed by atoms with van der Waals surface area (Å²) < 4.78 is 26.3. The van der Waals surface area contributed by atoms with E-state index in [-0.39, 0.29) is 23.0 Å². The number of unbranched alkanes of at least 4 members (excludes halogenated alkanes) is 1. The number of anilines is 2. The quantitative estimate of drug-likeness (QED) is 0.450. The van der Waals surface area contributed by atoms with E-state index >= 15 is 0 Å². The van der Waals surface area contributed by atoms with Gasteiger partial charge in [0.2, 0.25) is 15.9 Å². The van der Waals surface area contributed by atoms with E-state index in [2.05, 4.69) is 10.6 Å². The van der Waals surface area contributed by atoms with E-state index in [0.29, 0.717) is 17.9 Å². The van der Waals surface area contributed by atoms with Gasteiger partial charge in [-0.05, 0) is 36.8 Å². The lowest BCUT2D eigenvalue weighted by Gasteiger charge is -2.17. The summed E-state index contributed by atoms with van der Waals surface area (Å²) in [5.41, 5.74) is 0.827. The van der Waals surface area contributed by atoms with Crippen LogP contribution >= 0.6 is 0 Å². The predicted molar refractivity (Wildman–Crippen MR) is 111 cm³/mol. The number of nitro groups is 1. The topological polar surface area (TPSA) is 122 Å². The first-order chi connectivity index (χ1) is 13.7. The van der Waals surface area contributed by atoms with Gasteiger partial charge in [-0.15, -0.1) is 0 Å². The summed E-state index contributed by atoms with van der Waals surface area (Å²) in [5.74, 6) is -0.368. The van der Waals surface area contributed by atoms with Gasteiger partial charge < -0.3 is 10.6 Å². The fourth-order valence-electron chi connectivity index (χ4n) is 2.51. The Kier molecular flexibility index (Phi) is 7.68. The van der Waals surface area contributed by atoms with Gasteiger partial charge in [0, 0.05) is 37.1 Å². The number of amides is 1. The summed E-state index contributed by atoms with van der Waals surface area (Å²) in [7, 11) is -2.02. The van der Waals surface area contributed by atoms with Crippen molar-refractivity contribution >= 4 is 33.0 Å². The molecule has 29 heavy (non-hydrogen) atoms. The molecule has 2 aromatic rings. The number of benzene rings is 2. The molecule has 0 atom stereocenters. The maximum Gasteiger partial charge on any atom is 0.271 e. The Morgan fingerprint density at radius 1 is 1.14 bits per heavy atom. The molecular weight excluding hydrogens is 396 g/mol. The van der Waals surface area contributed by atoms with Gasteiger partial charge in [-0.3, -0.25) is 14.9 Å². The first kappa shape index (κ1) is 22.3. The molecular formula is C19H24N4O5S. The standard InChI is InChI=1S/C19H24N4O5S/c1-3-4-12-22(2)29(27,28)18-10-8-15(9-11-18)21-19(24)14-20-16-6-5-7-17(13-16)23(25)26/h5-11,13,20H,3-4,12,14H2,1-2H3,(H,21,24). The van der Waals surface area contributed by atoms with E-state index in [4.69, 9.17) is 0 Å². The lowest BCUT2D eigenvalue weighted by atomic mass is 10.3. The van der Waals surface area contributed by atoms with Crippen LogP contribution in [0, 0.1) is 10.1 Å². The molecule has 0 aliphatic heterocycles. The molecule has 0 unspecified atom stereocenters. The van der Waals surface area contributed by atoms with Crippen LogP contribution in [-0.2, 0) is 14.8 Å².